The van der Waals surface area contributed by atoms with Gasteiger partial charge in [0.05, 0.1) is 24.4 Å². The third-order valence-electron chi connectivity index (χ3n) is 4.45. The first-order valence-corrected chi connectivity index (χ1v) is 9.98. The van der Waals surface area contributed by atoms with Crippen LogP contribution in [0.1, 0.15) is 51.9 Å². The van der Waals surface area contributed by atoms with Crippen LogP contribution in [0.15, 0.2) is 48.6 Å². The second-order valence-corrected chi connectivity index (χ2v) is 6.92. The predicted octanol–water partition coefficient (Wildman–Crippen LogP) is 2.90. The van der Waals surface area contributed by atoms with Gasteiger partial charge in [0.2, 0.25) is 0 Å². The van der Waals surface area contributed by atoms with Crippen molar-refractivity contribution in [2.75, 3.05) is 0 Å². The number of hydrogen-bond acceptors (Lipinski definition) is 5. The van der Waals surface area contributed by atoms with E-state index >= 15 is 0 Å². The van der Waals surface area contributed by atoms with Crippen molar-refractivity contribution in [1.82, 2.24) is 0 Å². The Hall–Kier alpha value is -1.73. The smallest absolute Gasteiger partial charge is 0.303 e. The van der Waals surface area contributed by atoms with Crippen LogP contribution in [0.25, 0.3) is 0 Å². The third kappa shape index (κ3) is 10.6. The summed E-state index contributed by atoms with van der Waals surface area (Å²) in [5.41, 5.74) is 0. The number of aliphatic hydroxyl groups is 3. The van der Waals surface area contributed by atoms with Crippen LogP contribution in [0.3, 0.4) is 0 Å². The molecular weight excluding hydrogens is 360 g/mol. The average molecular weight is 395 g/mol. The molecule has 28 heavy (non-hydrogen) atoms. The summed E-state index contributed by atoms with van der Waals surface area (Å²) >= 11 is 0. The summed E-state index contributed by atoms with van der Waals surface area (Å²) in [5.74, 6) is -0.968. The lowest BCUT2D eigenvalue weighted by Gasteiger charge is -2.16. The molecule has 1 saturated heterocycles. The van der Waals surface area contributed by atoms with Crippen LogP contribution in [0, 0.1) is 0 Å². The molecule has 158 valence electrons. The highest BCUT2D eigenvalue weighted by molar-refractivity contribution is 5.66. The highest BCUT2D eigenvalue weighted by Crippen LogP contribution is 2.25. The molecule has 0 unspecified atom stereocenters. The standard InChI is InChI=1S/C22H34O6/c1-2-3-4-5-6-7-8-9-10-11-18(24)21-16-19(25)20(28-21)14-12-17(23)13-15-22(26)27/h3-4,6-7,9-10,12,14,17-21,23-25H,2,5,8,11,13,15-16H2,1H3,(H,26,27)/b4-3-,7-6-,10-9-,14-12+/t17-,18-,19+,20-,21-/m1/s1. The molecule has 0 saturated carbocycles. The van der Waals surface area contributed by atoms with Crippen LogP contribution in [0.2, 0.25) is 0 Å². The Labute approximate surface area is 167 Å². The van der Waals surface area contributed by atoms with Crippen LogP contribution in [0.5, 0.6) is 0 Å². The Bertz CT molecular complexity index is 551. The molecule has 6 nitrogen and oxygen atoms in total. The molecule has 4 N–H and O–H groups in total. The van der Waals surface area contributed by atoms with Gasteiger partial charge in [0.1, 0.15) is 6.10 Å². The Morgan fingerprint density at radius 3 is 2.39 bits per heavy atom. The minimum absolute atomic E-state index is 0.106. The zero-order valence-corrected chi connectivity index (χ0v) is 16.6. The summed E-state index contributed by atoms with van der Waals surface area (Å²) in [6, 6.07) is 0. The fourth-order valence-corrected chi connectivity index (χ4v) is 2.84. The fourth-order valence-electron chi connectivity index (χ4n) is 2.84. The first-order chi connectivity index (χ1) is 13.4. The summed E-state index contributed by atoms with van der Waals surface area (Å²) in [6.07, 6.45) is 15.4. The molecule has 1 heterocycles. The number of aliphatic carboxylic acids is 1. The van der Waals surface area contributed by atoms with E-state index in [2.05, 4.69) is 31.2 Å². The van der Waals surface area contributed by atoms with Crippen molar-refractivity contribution >= 4 is 5.97 Å². The second-order valence-electron chi connectivity index (χ2n) is 6.92. The lowest BCUT2D eigenvalue weighted by molar-refractivity contribution is -0.137. The van der Waals surface area contributed by atoms with Crippen LogP contribution < -0.4 is 0 Å². The fraction of sp³-hybridized carbons (Fsp3) is 0.591. The van der Waals surface area contributed by atoms with Crippen LogP contribution >= 0.6 is 0 Å². The Balaban J connectivity index is 2.31. The number of carboxylic acids is 1. The molecule has 1 aliphatic rings. The first kappa shape index (κ1) is 24.3. The maximum absolute atomic E-state index is 10.5. The van der Waals surface area contributed by atoms with Gasteiger partial charge in [-0.05, 0) is 32.1 Å². The Morgan fingerprint density at radius 2 is 1.75 bits per heavy atom. The molecule has 0 aliphatic carbocycles. The van der Waals surface area contributed by atoms with E-state index in [0.717, 1.165) is 19.3 Å². The number of rotatable bonds is 13. The largest absolute Gasteiger partial charge is 0.481 e. The molecule has 1 rings (SSSR count). The van der Waals surface area contributed by atoms with Crippen LogP contribution in [-0.4, -0.2) is 56.9 Å². The molecule has 6 heteroatoms. The van der Waals surface area contributed by atoms with Crippen molar-refractivity contribution in [2.24, 2.45) is 0 Å². The van der Waals surface area contributed by atoms with Gasteiger partial charge in [0, 0.05) is 12.8 Å². The molecule has 1 fully saturated rings. The van der Waals surface area contributed by atoms with E-state index in [4.69, 9.17) is 9.84 Å². The van der Waals surface area contributed by atoms with Gasteiger partial charge < -0.3 is 25.2 Å². The van der Waals surface area contributed by atoms with Gasteiger partial charge in [-0.1, -0.05) is 55.5 Å². The number of aliphatic hydroxyl groups excluding tert-OH is 3. The summed E-state index contributed by atoms with van der Waals surface area (Å²) in [6.45, 7) is 2.10. The van der Waals surface area contributed by atoms with Crippen LogP contribution in [-0.2, 0) is 9.53 Å². The molecule has 5 atom stereocenters. The summed E-state index contributed by atoms with van der Waals surface area (Å²) < 4.78 is 5.67. The monoisotopic (exact) mass is 394 g/mol. The van der Waals surface area contributed by atoms with E-state index in [-0.39, 0.29) is 12.8 Å². The number of carbonyl (C=O) groups is 1. The SMILES string of the molecule is CC/C=C\C/C=C\C/C=C\C[C@@H](O)[C@H]1C[C@H](O)[C@@H](/C=C/[C@@H](O)CCC(=O)O)O1. The van der Waals surface area contributed by atoms with Crippen molar-refractivity contribution in [3.8, 4) is 0 Å². The summed E-state index contributed by atoms with van der Waals surface area (Å²) in [4.78, 5) is 10.5. The zero-order chi connectivity index (χ0) is 20.8. The van der Waals surface area contributed by atoms with E-state index in [1.807, 2.05) is 12.2 Å². The topological polar surface area (TPSA) is 107 Å². The molecule has 0 bridgehead atoms. The zero-order valence-electron chi connectivity index (χ0n) is 16.6. The van der Waals surface area contributed by atoms with Crippen molar-refractivity contribution in [1.29, 1.82) is 0 Å². The highest BCUT2D eigenvalue weighted by atomic mass is 16.5. The number of hydrogen-bond donors (Lipinski definition) is 4. The molecule has 0 aromatic carbocycles. The number of carboxylic acid groups (broad SMARTS) is 1. The molecule has 0 spiro atoms. The van der Waals surface area contributed by atoms with E-state index in [1.165, 1.54) is 12.2 Å². The minimum atomic E-state index is -0.968. The van der Waals surface area contributed by atoms with Crippen molar-refractivity contribution in [2.45, 2.75) is 82.4 Å². The maximum atomic E-state index is 10.5. The van der Waals surface area contributed by atoms with Crippen LogP contribution in [0.4, 0.5) is 0 Å². The van der Waals surface area contributed by atoms with Gasteiger partial charge in [-0.3, -0.25) is 4.79 Å². The normalized spacial score (nSPS) is 25.5. The van der Waals surface area contributed by atoms with E-state index in [9.17, 15) is 20.1 Å². The number of allylic oxidation sites excluding steroid dienone is 5. The van der Waals surface area contributed by atoms with Gasteiger partial charge in [0.25, 0.3) is 0 Å². The molecule has 1 aliphatic heterocycles. The Kier molecular flexibility index (Phi) is 12.4. The Morgan fingerprint density at radius 1 is 1.11 bits per heavy atom. The lowest BCUT2D eigenvalue weighted by Crippen LogP contribution is -2.25. The first-order valence-electron chi connectivity index (χ1n) is 9.98. The third-order valence-corrected chi connectivity index (χ3v) is 4.45. The van der Waals surface area contributed by atoms with Gasteiger partial charge in [-0.15, -0.1) is 0 Å². The number of ether oxygens (including phenoxy) is 1. The average Bonchev–Trinajstić information content (AvgIpc) is 3.04. The van der Waals surface area contributed by atoms with Gasteiger partial charge in [0.15, 0.2) is 0 Å². The lowest BCUT2D eigenvalue weighted by atomic mass is 10.0. The van der Waals surface area contributed by atoms with Crippen molar-refractivity contribution in [3.05, 3.63) is 48.6 Å². The minimum Gasteiger partial charge on any atom is -0.481 e. The maximum Gasteiger partial charge on any atom is 0.303 e. The molecule has 0 radical (unpaired) electrons. The summed E-state index contributed by atoms with van der Waals surface area (Å²) in [7, 11) is 0. The quantitative estimate of drug-likeness (QED) is 0.358. The summed E-state index contributed by atoms with van der Waals surface area (Å²) in [5, 5.41) is 38.6. The van der Waals surface area contributed by atoms with Crippen molar-refractivity contribution < 1.29 is 30.0 Å². The van der Waals surface area contributed by atoms with Crippen molar-refractivity contribution in [3.63, 3.8) is 0 Å². The molecular formula is C22H34O6. The van der Waals surface area contributed by atoms with Gasteiger partial charge in [-0.2, -0.15) is 0 Å². The van der Waals surface area contributed by atoms with E-state index in [0.29, 0.717) is 12.8 Å². The second kappa shape index (κ2) is 14.3. The molecule has 0 amide bonds. The van der Waals surface area contributed by atoms with E-state index < -0.39 is 36.5 Å². The molecule has 0 aromatic rings. The highest BCUT2D eigenvalue weighted by Gasteiger charge is 2.35. The van der Waals surface area contributed by atoms with Gasteiger partial charge >= 0.3 is 5.97 Å². The van der Waals surface area contributed by atoms with Gasteiger partial charge in [-0.25, -0.2) is 0 Å². The predicted molar refractivity (Wildman–Crippen MR) is 109 cm³/mol. The van der Waals surface area contributed by atoms with E-state index in [1.54, 1.807) is 0 Å². The molecule has 0 aromatic heterocycles.